The maximum Gasteiger partial charge on any atom is 0.274 e. The molecule has 4 aromatic rings. The lowest BCUT2D eigenvalue weighted by Gasteiger charge is -2.36. The van der Waals surface area contributed by atoms with Crippen LogP contribution in [0.15, 0.2) is 49.2 Å². The van der Waals surface area contributed by atoms with Crippen molar-refractivity contribution in [1.82, 2.24) is 24.8 Å². The van der Waals surface area contributed by atoms with Gasteiger partial charge >= 0.3 is 0 Å². The van der Waals surface area contributed by atoms with Crippen LogP contribution in [-0.2, 0) is 4.74 Å². The van der Waals surface area contributed by atoms with Crippen LogP contribution in [0.4, 0.5) is 31.7 Å². The Balaban J connectivity index is 1.31. The quantitative estimate of drug-likeness (QED) is 0.403. The minimum Gasteiger partial charge on any atom is -0.378 e. The number of rotatable bonds is 5. The molecule has 40 heavy (non-hydrogen) atoms. The Morgan fingerprint density at radius 1 is 0.925 bits per heavy atom. The summed E-state index contributed by atoms with van der Waals surface area (Å²) in [5.41, 5.74) is 3.31. The maximum atomic E-state index is 15.2. The first-order valence-electron chi connectivity index (χ1n) is 13.1. The number of hydrogen-bond acceptors (Lipinski definition) is 9. The molecule has 3 aromatic heterocycles. The van der Waals surface area contributed by atoms with Crippen LogP contribution in [0.1, 0.15) is 16.1 Å². The lowest BCUT2D eigenvalue weighted by molar-refractivity contribution is 0.0740. The molecule has 2 aliphatic heterocycles. The van der Waals surface area contributed by atoms with E-state index in [-0.39, 0.29) is 16.8 Å². The predicted molar refractivity (Wildman–Crippen MR) is 147 cm³/mol. The molecule has 10 nitrogen and oxygen atoms in total. The molecule has 1 amide bonds. The third-order valence-corrected chi connectivity index (χ3v) is 7.24. The molecule has 6 rings (SSSR count). The number of ether oxygens (including phenoxy) is 1. The molecule has 2 aliphatic rings. The smallest absolute Gasteiger partial charge is 0.274 e. The van der Waals surface area contributed by atoms with E-state index in [1.54, 1.807) is 17.3 Å². The topological polar surface area (TPSA) is 99.6 Å². The van der Waals surface area contributed by atoms with Crippen molar-refractivity contribution in [1.29, 1.82) is 0 Å². The predicted octanol–water partition coefficient (Wildman–Crippen LogP) is 3.55. The van der Waals surface area contributed by atoms with Gasteiger partial charge in [0, 0.05) is 69.4 Å². The lowest BCUT2D eigenvalue weighted by atomic mass is 10.1. The molecule has 0 aliphatic carbocycles. The fraction of sp³-hybridized carbons (Fsp3) is 0.321. The fourth-order valence-electron chi connectivity index (χ4n) is 5.18. The van der Waals surface area contributed by atoms with E-state index in [9.17, 15) is 9.18 Å². The molecule has 206 valence electrons. The monoisotopic (exact) mass is 546 g/mol. The lowest BCUT2D eigenvalue weighted by Crippen LogP contribution is -2.49. The number of benzene rings is 1. The number of fused-ring (bicyclic) bond motifs is 1. The Morgan fingerprint density at radius 2 is 1.73 bits per heavy atom. The number of hydrogen-bond donors (Lipinski definition) is 1. The van der Waals surface area contributed by atoms with Crippen molar-refractivity contribution < 1.29 is 18.3 Å². The van der Waals surface area contributed by atoms with Gasteiger partial charge in [-0.25, -0.2) is 18.7 Å². The number of carbonyl (C=O) groups excluding carboxylic acids is 1. The van der Waals surface area contributed by atoms with Gasteiger partial charge in [0.05, 0.1) is 59.8 Å². The number of halogens is 2. The van der Waals surface area contributed by atoms with Crippen LogP contribution in [0.3, 0.4) is 0 Å². The van der Waals surface area contributed by atoms with Crippen molar-refractivity contribution in [2.75, 3.05) is 67.6 Å². The number of aromatic nitrogens is 4. The third kappa shape index (κ3) is 5.09. The van der Waals surface area contributed by atoms with Crippen LogP contribution in [0.25, 0.3) is 10.9 Å². The van der Waals surface area contributed by atoms with Crippen LogP contribution < -0.4 is 15.1 Å². The second-order valence-corrected chi connectivity index (χ2v) is 9.74. The molecular formula is C28H28F2N8O2. The minimum absolute atomic E-state index is 0.185. The largest absolute Gasteiger partial charge is 0.378 e. The first kappa shape index (κ1) is 25.8. The van der Waals surface area contributed by atoms with Crippen molar-refractivity contribution in [3.8, 4) is 0 Å². The zero-order valence-corrected chi connectivity index (χ0v) is 22.0. The number of nitrogens with one attached hydrogen (secondary N) is 1. The van der Waals surface area contributed by atoms with E-state index in [1.165, 1.54) is 24.7 Å². The SMILES string of the molecule is Cc1c(N2CCN(C(=O)c3cnccn3)CC2)nc2cc(F)cc(F)c2c1Nc1cncc(N2CCOCC2)c1. The van der Waals surface area contributed by atoms with E-state index in [4.69, 9.17) is 4.74 Å². The van der Waals surface area contributed by atoms with Gasteiger partial charge in [-0.15, -0.1) is 0 Å². The summed E-state index contributed by atoms with van der Waals surface area (Å²) in [7, 11) is 0. The number of nitrogens with zero attached hydrogens (tertiary/aromatic N) is 7. The molecule has 12 heteroatoms. The standard InChI is InChI=1S/C28H28F2N8O2/c1-18-26(34-20-14-21(16-32-15-20)36-8-10-40-11-9-36)25-22(30)12-19(29)13-23(25)35-27(18)37-4-6-38(7-5-37)28(39)24-17-31-2-3-33-24/h2-3,12-17H,4-11H2,1H3,(H,34,35). The Hall–Kier alpha value is -4.45. The minimum atomic E-state index is -0.700. The van der Waals surface area contributed by atoms with Crippen molar-refractivity contribution in [2.24, 2.45) is 0 Å². The van der Waals surface area contributed by atoms with Gasteiger partial charge in [0.25, 0.3) is 5.91 Å². The average molecular weight is 547 g/mol. The van der Waals surface area contributed by atoms with E-state index in [0.717, 1.165) is 24.8 Å². The van der Waals surface area contributed by atoms with Gasteiger partial charge in [-0.2, -0.15) is 0 Å². The van der Waals surface area contributed by atoms with Gasteiger partial charge in [0.2, 0.25) is 0 Å². The third-order valence-electron chi connectivity index (χ3n) is 7.24. The number of pyridine rings is 2. The molecular weight excluding hydrogens is 518 g/mol. The molecule has 0 atom stereocenters. The summed E-state index contributed by atoms with van der Waals surface area (Å²) in [6.45, 7) is 6.54. The zero-order chi connectivity index (χ0) is 27.6. The van der Waals surface area contributed by atoms with E-state index >= 15 is 4.39 Å². The van der Waals surface area contributed by atoms with Crippen LogP contribution in [-0.4, -0.2) is 83.2 Å². The number of anilines is 4. The van der Waals surface area contributed by atoms with Crippen molar-refractivity contribution in [2.45, 2.75) is 6.92 Å². The van der Waals surface area contributed by atoms with Gasteiger partial charge in [0.15, 0.2) is 0 Å². The maximum absolute atomic E-state index is 15.2. The van der Waals surface area contributed by atoms with Gasteiger partial charge in [0.1, 0.15) is 23.1 Å². The summed E-state index contributed by atoms with van der Waals surface area (Å²) in [6, 6.07) is 4.07. The van der Waals surface area contributed by atoms with Crippen LogP contribution in [0.2, 0.25) is 0 Å². The summed E-state index contributed by atoms with van der Waals surface area (Å²) >= 11 is 0. The highest BCUT2D eigenvalue weighted by Crippen LogP contribution is 2.37. The Kier molecular flexibility index (Phi) is 7.08. The summed E-state index contributed by atoms with van der Waals surface area (Å²) in [4.78, 5) is 35.9. The second-order valence-electron chi connectivity index (χ2n) is 9.74. The first-order valence-corrected chi connectivity index (χ1v) is 13.1. The second kappa shape index (κ2) is 11.0. The Bertz CT molecular complexity index is 1540. The molecule has 1 N–H and O–H groups in total. The molecule has 0 saturated carbocycles. The number of morpholine rings is 1. The molecule has 5 heterocycles. The van der Waals surface area contributed by atoms with Crippen molar-refractivity contribution in [3.05, 3.63) is 72.1 Å². The van der Waals surface area contributed by atoms with Crippen molar-refractivity contribution >= 4 is 39.7 Å². The molecule has 0 bridgehead atoms. The highest BCUT2D eigenvalue weighted by Gasteiger charge is 2.27. The normalized spacial score (nSPS) is 15.9. The van der Waals surface area contributed by atoms with Gasteiger partial charge in [-0.3, -0.25) is 14.8 Å². The van der Waals surface area contributed by atoms with Gasteiger partial charge in [-0.05, 0) is 13.0 Å². The van der Waals surface area contributed by atoms with E-state index in [0.29, 0.717) is 67.8 Å². The molecule has 1 aromatic carbocycles. The highest BCUT2D eigenvalue weighted by molar-refractivity contribution is 5.98. The summed E-state index contributed by atoms with van der Waals surface area (Å²) in [5, 5.41) is 3.56. The van der Waals surface area contributed by atoms with E-state index in [2.05, 4.69) is 30.2 Å². The first-order chi connectivity index (χ1) is 19.5. The van der Waals surface area contributed by atoms with Crippen LogP contribution in [0.5, 0.6) is 0 Å². The molecule has 0 spiro atoms. The van der Waals surface area contributed by atoms with Crippen LogP contribution >= 0.6 is 0 Å². The summed E-state index contributed by atoms with van der Waals surface area (Å²) in [5.74, 6) is -0.982. The summed E-state index contributed by atoms with van der Waals surface area (Å²) < 4.78 is 35.0. The van der Waals surface area contributed by atoms with E-state index in [1.807, 2.05) is 17.9 Å². The molecule has 0 unspecified atom stereocenters. The highest BCUT2D eigenvalue weighted by atomic mass is 19.1. The van der Waals surface area contributed by atoms with Gasteiger partial charge in [-0.1, -0.05) is 0 Å². The zero-order valence-electron chi connectivity index (χ0n) is 22.0. The molecule has 2 fully saturated rings. The number of carbonyl (C=O) groups is 1. The number of amides is 1. The van der Waals surface area contributed by atoms with E-state index < -0.39 is 11.6 Å². The van der Waals surface area contributed by atoms with Crippen LogP contribution in [0, 0.1) is 18.6 Å². The average Bonchev–Trinajstić information content (AvgIpc) is 2.99. The summed E-state index contributed by atoms with van der Waals surface area (Å²) in [6.07, 6.45) is 7.93. The molecule has 0 radical (unpaired) electrons. The van der Waals surface area contributed by atoms with Gasteiger partial charge < -0.3 is 24.8 Å². The number of piperazine rings is 1. The Morgan fingerprint density at radius 3 is 2.48 bits per heavy atom. The molecule has 2 saturated heterocycles. The Labute approximate surface area is 229 Å². The fourth-order valence-corrected chi connectivity index (χ4v) is 5.18. The van der Waals surface area contributed by atoms with Crippen molar-refractivity contribution in [3.63, 3.8) is 0 Å².